The topological polar surface area (TPSA) is 62.7 Å². The van der Waals surface area contributed by atoms with Crippen LogP contribution in [0.2, 0.25) is 0 Å². The number of carboxylic acids is 1. The lowest BCUT2D eigenvalue weighted by Crippen LogP contribution is -2.42. The first-order chi connectivity index (χ1) is 17.9. The van der Waals surface area contributed by atoms with Gasteiger partial charge in [-0.2, -0.15) is 0 Å². The number of piperidine rings is 1. The van der Waals surface area contributed by atoms with E-state index in [4.69, 9.17) is 4.74 Å². The average molecular weight is 533 g/mol. The van der Waals surface area contributed by atoms with Gasteiger partial charge in [0.25, 0.3) is 0 Å². The predicted octanol–water partition coefficient (Wildman–Crippen LogP) is 6.52. The minimum Gasteiger partial charge on any atom is -0.497 e. The summed E-state index contributed by atoms with van der Waals surface area (Å²) in [5.74, 6) is -1.35. The van der Waals surface area contributed by atoms with Gasteiger partial charge in [0.15, 0.2) is 11.6 Å². The quantitative estimate of drug-likeness (QED) is 0.284. The van der Waals surface area contributed by atoms with Crippen molar-refractivity contribution in [3.63, 3.8) is 0 Å². The van der Waals surface area contributed by atoms with Crippen LogP contribution >= 0.6 is 11.8 Å². The molecule has 0 bridgehead atoms. The maximum atomic E-state index is 15.5. The summed E-state index contributed by atoms with van der Waals surface area (Å²) >= 11 is 1.25. The van der Waals surface area contributed by atoms with Crippen molar-refractivity contribution in [1.82, 2.24) is 9.88 Å². The van der Waals surface area contributed by atoms with Crippen LogP contribution in [0.1, 0.15) is 37.4 Å². The zero-order valence-corrected chi connectivity index (χ0v) is 21.5. The minimum absolute atomic E-state index is 0.0270. The van der Waals surface area contributed by atoms with Crippen molar-refractivity contribution < 1.29 is 27.8 Å². The predicted molar refractivity (Wildman–Crippen MR) is 139 cm³/mol. The first-order valence-electron chi connectivity index (χ1n) is 12.4. The summed E-state index contributed by atoms with van der Waals surface area (Å²) in [6.45, 7) is 1.99. The number of carbonyl (C=O) groups is 1. The molecule has 2 aromatic carbocycles. The fraction of sp³-hybridized carbons (Fsp3) is 0.429. The van der Waals surface area contributed by atoms with Crippen molar-refractivity contribution in [2.45, 2.75) is 36.8 Å². The summed E-state index contributed by atoms with van der Waals surface area (Å²) in [6.07, 6.45) is 2.10. The Morgan fingerprint density at radius 3 is 2.86 bits per heavy atom. The number of halogens is 3. The number of benzene rings is 2. The summed E-state index contributed by atoms with van der Waals surface area (Å²) < 4.78 is 48.1. The smallest absolute Gasteiger partial charge is 0.303 e. The van der Waals surface area contributed by atoms with Gasteiger partial charge in [-0.1, -0.05) is 6.07 Å². The molecule has 3 atom stereocenters. The Morgan fingerprint density at radius 2 is 2.08 bits per heavy atom. The second-order valence-electron chi connectivity index (χ2n) is 9.44. The van der Waals surface area contributed by atoms with Crippen LogP contribution in [0.5, 0.6) is 5.75 Å². The van der Waals surface area contributed by atoms with Crippen LogP contribution in [0.3, 0.4) is 0 Å². The van der Waals surface area contributed by atoms with Crippen LogP contribution in [-0.2, 0) is 4.79 Å². The van der Waals surface area contributed by atoms with E-state index in [1.165, 1.54) is 17.8 Å². The largest absolute Gasteiger partial charge is 0.497 e. The van der Waals surface area contributed by atoms with Crippen molar-refractivity contribution >= 4 is 28.6 Å². The number of hydrogen-bond acceptors (Lipinski definition) is 5. The van der Waals surface area contributed by atoms with Crippen LogP contribution in [0, 0.1) is 23.5 Å². The van der Waals surface area contributed by atoms with Gasteiger partial charge >= 0.3 is 5.97 Å². The molecule has 1 aromatic heterocycles. The molecule has 0 amide bonds. The van der Waals surface area contributed by atoms with Crippen LogP contribution in [0.4, 0.5) is 13.2 Å². The number of hydrogen-bond donors (Lipinski definition) is 1. The number of pyridine rings is 1. The molecule has 1 saturated heterocycles. The summed E-state index contributed by atoms with van der Waals surface area (Å²) in [5, 5.41) is 10.2. The van der Waals surface area contributed by atoms with Crippen molar-refractivity contribution in [2.24, 2.45) is 11.8 Å². The molecule has 1 fully saturated rings. The highest BCUT2D eigenvalue weighted by atomic mass is 32.2. The molecule has 4 rings (SSSR count). The number of likely N-dealkylation sites (tertiary alicyclic amines) is 1. The fourth-order valence-electron chi connectivity index (χ4n) is 5.14. The molecule has 2 heterocycles. The molecule has 5 nitrogen and oxygen atoms in total. The van der Waals surface area contributed by atoms with E-state index in [0.29, 0.717) is 48.5 Å². The number of aromatic nitrogens is 1. The lowest BCUT2D eigenvalue weighted by molar-refractivity contribution is -0.139. The zero-order valence-electron chi connectivity index (χ0n) is 20.7. The number of nitrogens with zero attached hydrogens (tertiary/aromatic N) is 2. The summed E-state index contributed by atoms with van der Waals surface area (Å²) in [7, 11) is 1.57. The highest BCUT2D eigenvalue weighted by Gasteiger charge is 2.31. The molecule has 37 heavy (non-hydrogen) atoms. The molecule has 1 aliphatic heterocycles. The Balaban J connectivity index is 1.35. The van der Waals surface area contributed by atoms with E-state index in [1.54, 1.807) is 37.6 Å². The average Bonchev–Trinajstić information content (AvgIpc) is 2.89. The van der Waals surface area contributed by atoms with Gasteiger partial charge in [0.05, 0.1) is 12.6 Å². The number of ether oxygens (including phenoxy) is 1. The molecule has 0 aliphatic carbocycles. The van der Waals surface area contributed by atoms with Crippen molar-refractivity contribution in [1.29, 1.82) is 0 Å². The third-order valence-corrected chi connectivity index (χ3v) is 8.12. The van der Waals surface area contributed by atoms with E-state index in [1.807, 2.05) is 6.07 Å². The Labute approximate surface area is 219 Å². The molecule has 1 N–H and O–H groups in total. The number of rotatable bonds is 11. The Kier molecular flexibility index (Phi) is 9.32. The number of aliphatic carboxylic acids is 1. The molecule has 0 radical (unpaired) electrons. The number of methoxy groups -OCH3 is 1. The lowest BCUT2D eigenvalue weighted by Gasteiger charge is -2.38. The highest BCUT2D eigenvalue weighted by molar-refractivity contribution is 7.99. The number of carboxylic acid groups (broad SMARTS) is 1. The third kappa shape index (κ3) is 6.96. The van der Waals surface area contributed by atoms with Gasteiger partial charge in [0.2, 0.25) is 0 Å². The van der Waals surface area contributed by atoms with E-state index in [-0.39, 0.29) is 23.2 Å². The van der Waals surface area contributed by atoms with Gasteiger partial charge in [0.1, 0.15) is 11.9 Å². The first kappa shape index (κ1) is 27.3. The highest BCUT2D eigenvalue weighted by Crippen LogP contribution is 2.36. The molecular weight excluding hydrogens is 501 g/mol. The van der Waals surface area contributed by atoms with Gasteiger partial charge < -0.3 is 14.7 Å². The molecule has 9 heteroatoms. The Bertz CT molecular complexity index is 1230. The lowest BCUT2D eigenvalue weighted by atomic mass is 9.79. The first-order valence-corrected chi connectivity index (χ1v) is 13.4. The van der Waals surface area contributed by atoms with E-state index in [0.717, 1.165) is 24.4 Å². The zero-order chi connectivity index (χ0) is 26.4. The van der Waals surface area contributed by atoms with Crippen LogP contribution in [0.25, 0.3) is 10.9 Å². The van der Waals surface area contributed by atoms with Crippen molar-refractivity contribution in [3.05, 3.63) is 65.9 Å². The van der Waals surface area contributed by atoms with E-state index in [2.05, 4.69) is 9.88 Å². The minimum atomic E-state index is -1.20. The third-order valence-electron chi connectivity index (χ3n) is 7.10. The van der Waals surface area contributed by atoms with Gasteiger partial charge in [-0.25, -0.2) is 13.2 Å². The van der Waals surface area contributed by atoms with E-state index < -0.39 is 23.8 Å². The number of fused-ring (bicyclic) bond motifs is 1. The number of thioether (sulfide) groups is 1. The summed E-state index contributed by atoms with van der Waals surface area (Å²) in [5.41, 5.74) is 1.27. The van der Waals surface area contributed by atoms with Crippen LogP contribution in [-0.4, -0.2) is 53.5 Å². The Hall–Kier alpha value is -2.78. The molecule has 0 saturated carbocycles. The Morgan fingerprint density at radius 1 is 1.24 bits per heavy atom. The van der Waals surface area contributed by atoms with Crippen LogP contribution < -0.4 is 4.74 Å². The van der Waals surface area contributed by atoms with Gasteiger partial charge in [0, 0.05) is 41.7 Å². The van der Waals surface area contributed by atoms with Gasteiger partial charge in [-0.3, -0.25) is 9.78 Å². The second kappa shape index (κ2) is 12.6. The summed E-state index contributed by atoms with van der Waals surface area (Å²) in [4.78, 5) is 18.3. The molecule has 3 aromatic rings. The number of alkyl halides is 1. The van der Waals surface area contributed by atoms with Gasteiger partial charge in [-0.15, -0.1) is 11.8 Å². The molecule has 198 valence electrons. The SMILES string of the molecule is COc1ccc2nccc(C(F)CC[C@@H]3CCN(CCSc4cccc(F)c4F)C[C@@H]3CC(=O)O)c2c1. The van der Waals surface area contributed by atoms with E-state index in [9.17, 15) is 18.7 Å². The standard InChI is InChI=1S/C28H31F3N2O3S/c1-36-20-6-8-25-22(16-20)21(9-11-32-25)23(29)7-5-18-10-12-33(17-19(18)15-27(34)35)13-14-37-26-4-2-3-24(30)28(26)31/h2-4,6,8-9,11,16,18-19,23H,5,7,10,12-15,17H2,1H3,(H,34,35)/t18-,19+,23?/m1/s1. The monoisotopic (exact) mass is 532 g/mol. The van der Waals surface area contributed by atoms with Crippen molar-refractivity contribution in [2.75, 3.05) is 32.5 Å². The van der Waals surface area contributed by atoms with E-state index >= 15 is 4.39 Å². The van der Waals surface area contributed by atoms with Crippen LogP contribution in [0.15, 0.2) is 53.6 Å². The van der Waals surface area contributed by atoms with Crippen molar-refractivity contribution in [3.8, 4) is 5.75 Å². The molecule has 0 spiro atoms. The fourth-order valence-corrected chi connectivity index (χ4v) is 6.11. The van der Waals surface area contributed by atoms with Gasteiger partial charge in [-0.05, 0) is 79.6 Å². The maximum Gasteiger partial charge on any atom is 0.303 e. The maximum absolute atomic E-state index is 15.5. The molecule has 1 unspecified atom stereocenters. The molecular formula is C28H31F3N2O3S. The summed E-state index contributed by atoms with van der Waals surface area (Å²) in [6, 6.07) is 11.2. The normalized spacial score (nSPS) is 19.1. The second-order valence-corrected chi connectivity index (χ2v) is 10.6. The molecule has 1 aliphatic rings.